The number of aromatic nitrogens is 1. The topological polar surface area (TPSA) is 92.3 Å². The van der Waals surface area contributed by atoms with Gasteiger partial charge in [0.2, 0.25) is 10.0 Å². The number of carbonyl (C=O) groups is 1. The maximum absolute atomic E-state index is 13.8. The molecule has 0 radical (unpaired) electrons. The summed E-state index contributed by atoms with van der Waals surface area (Å²) in [7, 11) is -3.60. The Morgan fingerprint density at radius 1 is 1.08 bits per heavy atom. The fourth-order valence-corrected chi connectivity index (χ4v) is 7.67. The van der Waals surface area contributed by atoms with E-state index in [0.29, 0.717) is 67.5 Å². The highest BCUT2D eigenvalue weighted by Gasteiger charge is 2.29. The number of benzene rings is 2. The average Bonchev–Trinajstić information content (AvgIpc) is 3.36. The van der Waals surface area contributed by atoms with Gasteiger partial charge in [0.05, 0.1) is 15.1 Å². The summed E-state index contributed by atoms with van der Waals surface area (Å²) in [6.45, 7) is 11.2. The molecule has 1 aromatic heterocycles. The van der Waals surface area contributed by atoms with Crippen LogP contribution in [-0.2, 0) is 10.0 Å². The Morgan fingerprint density at radius 3 is 2.44 bits per heavy atom. The van der Waals surface area contributed by atoms with Crippen molar-refractivity contribution in [1.82, 2.24) is 14.2 Å². The van der Waals surface area contributed by atoms with Crippen LogP contribution in [0.2, 0.25) is 0 Å². The molecule has 1 atom stereocenters. The first kappa shape index (κ1) is 27.8. The zero-order chi connectivity index (χ0) is 27.6. The molecule has 11 heteroatoms. The molecule has 1 saturated heterocycles. The minimum Gasteiger partial charge on any atom is -0.486 e. The number of piperidine rings is 1. The zero-order valence-electron chi connectivity index (χ0n) is 22.8. The summed E-state index contributed by atoms with van der Waals surface area (Å²) in [4.78, 5) is 22.8. The summed E-state index contributed by atoms with van der Waals surface area (Å²) in [5.74, 6) is 1.47. The Bertz CT molecular complexity index is 1380. The van der Waals surface area contributed by atoms with Crippen LogP contribution in [0, 0.1) is 5.92 Å². The predicted molar refractivity (Wildman–Crippen MR) is 154 cm³/mol. The molecule has 3 heterocycles. The van der Waals surface area contributed by atoms with E-state index in [1.54, 1.807) is 33.5 Å². The van der Waals surface area contributed by atoms with Gasteiger partial charge >= 0.3 is 0 Å². The Hall–Kier alpha value is -2.73. The van der Waals surface area contributed by atoms with E-state index in [2.05, 4.69) is 25.7 Å². The van der Waals surface area contributed by atoms with Gasteiger partial charge in [-0.05, 0) is 56.1 Å². The van der Waals surface area contributed by atoms with Crippen molar-refractivity contribution in [1.29, 1.82) is 0 Å². The molecule has 0 bridgehead atoms. The fourth-order valence-electron chi connectivity index (χ4n) is 5.07. The molecule has 2 aliphatic rings. The van der Waals surface area contributed by atoms with E-state index in [1.807, 2.05) is 12.1 Å². The van der Waals surface area contributed by atoms with Crippen LogP contribution in [-0.4, -0.2) is 81.0 Å². The lowest BCUT2D eigenvalue weighted by Gasteiger charge is -2.30. The lowest BCUT2D eigenvalue weighted by Crippen LogP contribution is -2.39. The van der Waals surface area contributed by atoms with Crippen molar-refractivity contribution in [3.05, 3.63) is 42.0 Å². The van der Waals surface area contributed by atoms with Crippen LogP contribution in [0.3, 0.4) is 0 Å². The number of hydrogen-bond donors (Lipinski definition) is 0. The summed E-state index contributed by atoms with van der Waals surface area (Å²) in [5.41, 5.74) is 1.17. The normalized spacial score (nSPS) is 18.0. The summed E-state index contributed by atoms with van der Waals surface area (Å²) in [6.07, 6.45) is 1.90. The van der Waals surface area contributed by atoms with Gasteiger partial charge in [-0.25, -0.2) is 13.4 Å². The summed E-state index contributed by atoms with van der Waals surface area (Å²) in [6, 6.07) is 10.1. The molecule has 2 aromatic carbocycles. The Labute approximate surface area is 234 Å². The lowest BCUT2D eigenvalue weighted by molar-refractivity contribution is 0.0983. The largest absolute Gasteiger partial charge is 0.486 e. The zero-order valence-corrected chi connectivity index (χ0v) is 24.4. The third-order valence-electron chi connectivity index (χ3n) is 7.41. The van der Waals surface area contributed by atoms with Crippen LogP contribution < -0.4 is 14.4 Å². The molecule has 0 N–H and O–H groups in total. The second kappa shape index (κ2) is 11.8. The van der Waals surface area contributed by atoms with Crippen LogP contribution in [0.15, 0.2) is 41.3 Å². The van der Waals surface area contributed by atoms with E-state index >= 15 is 0 Å². The van der Waals surface area contributed by atoms with Gasteiger partial charge in [0.25, 0.3) is 5.91 Å². The molecule has 39 heavy (non-hydrogen) atoms. The van der Waals surface area contributed by atoms with Gasteiger partial charge in [0.15, 0.2) is 16.6 Å². The number of hydrogen-bond acceptors (Lipinski definition) is 8. The van der Waals surface area contributed by atoms with Gasteiger partial charge < -0.3 is 14.4 Å². The van der Waals surface area contributed by atoms with Crippen molar-refractivity contribution in [3.63, 3.8) is 0 Å². The Kier molecular flexibility index (Phi) is 8.41. The molecule has 210 valence electrons. The molecule has 5 rings (SSSR count). The summed E-state index contributed by atoms with van der Waals surface area (Å²) >= 11 is 1.43. The standard InChI is InChI=1S/C28H36N4O5S2/c1-4-30(5-2)13-14-32(28-29-23-17-24-25(18-26(23)38-28)37-16-15-36-24)27(33)21-8-10-22(11-9-21)39(34,35)31-12-6-7-20(3)19-31/h8-11,17-18,20H,4-7,12-16,19H2,1-3H3/t20-/m1/s1. The number of ether oxygens (including phenoxy) is 2. The number of thiazole rings is 1. The van der Waals surface area contributed by atoms with Crippen LogP contribution >= 0.6 is 11.3 Å². The second-order valence-corrected chi connectivity index (χ2v) is 13.0. The maximum atomic E-state index is 13.8. The van der Waals surface area contributed by atoms with Crippen LogP contribution in [0.25, 0.3) is 10.2 Å². The van der Waals surface area contributed by atoms with Crippen molar-refractivity contribution in [2.45, 2.75) is 38.5 Å². The van der Waals surface area contributed by atoms with E-state index < -0.39 is 10.0 Å². The average molecular weight is 573 g/mol. The SMILES string of the molecule is CCN(CC)CCN(C(=O)c1ccc(S(=O)(=O)N2CCC[C@@H](C)C2)cc1)c1nc2cc3c(cc2s1)OCCO3. The predicted octanol–water partition coefficient (Wildman–Crippen LogP) is 4.48. The quantitative estimate of drug-likeness (QED) is 0.373. The lowest BCUT2D eigenvalue weighted by atomic mass is 10.0. The van der Waals surface area contributed by atoms with Crippen LogP contribution in [0.4, 0.5) is 5.13 Å². The number of sulfonamides is 1. The summed E-state index contributed by atoms with van der Waals surface area (Å²) < 4.78 is 40.3. The molecular weight excluding hydrogens is 536 g/mol. The highest BCUT2D eigenvalue weighted by atomic mass is 32.2. The first-order chi connectivity index (χ1) is 18.8. The van der Waals surface area contributed by atoms with E-state index in [9.17, 15) is 13.2 Å². The maximum Gasteiger partial charge on any atom is 0.260 e. The van der Waals surface area contributed by atoms with Gasteiger partial charge in [0, 0.05) is 43.9 Å². The van der Waals surface area contributed by atoms with Crippen molar-refractivity contribution in [2.75, 3.05) is 57.4 Å². The van der Waals surface area contributed by atoms with Crippen LogP contribution in [0.5, 0.6) is 11.5 Å². The first-order valence-electron chi connectivity index (χ1n) is 13.6. The molecule has 0 unspecified atom stereocenters. The van der Waals surface area contributed by atoms with E-state index in [-0.39, 0.29) is 10.8 Å². The minimum atomic E-state index is -3.60. The van der Waals surface area contributed by atoms with Gasteiger partial charge in [-0.15, -0.1) is 0 Å². The molecule has 0 spiro atoms. The van der Waals surface area contributed by atoms with Gasteiger partial charge in [0.1, 0.15) is 13.2 Å². The number of fused-ring (bicyclic) bond motifs is 2. The minimum absolute atomic E-state index is 0.214. The number of rotatable bonds is 9. The summed E-state index contributed by atoms with van der Waals surface area (Å²) in [5, 5.41) is 0.587. The van der Waals surface area contributed by atoms with Crippen LogP contribution in [0.1, 0.15) is 44.0 Å². The molecule has 0 saturated carbocycles. The monoisotopic (exact) mass is 572 g/mol. The molecule has 1 amide bonds. The number of carbonyl (C=O) groups excluding carboxylic acids is 1. The second-order valence-electron chi connectivity index (χ2n) is 10.1. The smallest absolute Gasteiger partial charge is 0.260 e. The third-order valence-corrected chi connectivity index (χ3v) is 10.3. The highest BCUT2D eigenvalue weighted by Crippen LogP contribution is 2.39. The molecule has 1 fully saturated rings. The molecular formula is C28H36N4O5S2. The first-order valence-corrected chi connectivity index (χ1v) is 15.9. The van der Waals surface area contributed by atoms with E-state index in [1.165, 1.54) is 11.3 Å². The number of likely N-dealkylation sites (N-methyl/N-ethyl adjacent to an activating group) is 1. The van der Waals surface area contributed by atoms with Gasteiger partial charge in [-0.1, -0.05) is 32.1 Å². The third kappa shape index (κ3) is 5.91. The Morgan fingerprint density at radius 2 is 1.77 bits per heavy atom. The van der Waals surface area contributed by atoms with Crippen molar-refractivity contribution in [3.8, 4) is 11.5 Å². The molecule has 9 nitrogen and oxygen atoms in total. The van der Waals surface area contributed by atoms with Gasteiger partial charge in [-0.2, -0.15) is 4.31 Å². The highest BCUT2D eigenvalue weighted by molar-refractivity contribution is 7.89. The number of anilines is 1. The Balaban J connectivity index is 1.43. The van der Waals surface area contributed by atoms with Gasteiger partial charge in [-0.3, -0.25) is 9.69 Å². The molecule has 3 aromatic rings. The van der Waals surface area contributed by atoms with E-state index in [4.69, 9.17) is 14.5 Å². The fraction of sp³-hybridized carbons (Fsp3) is 0.500. The van der Waals surface area contributed by atoms with E-state index in [0.717, 1.165) is 36.1 Å². The van der Waals surface area contributed by atoms with Crippen molar-refractivity contribution < 1.29 is 22.7 Å². The van der Waals surface area contributed by atoms with Crippen molar-refractivity contribution in [2.24, 2.45) is 5.92 Å². The number of nitrogens with zero attached hydrogens (tertiary/aromatic N) is 4. The molecule has 0 aliphatic carbocycles. The van der Waals surface area contributed by atoms with Crippen molar-refractivity contribution >= 4 is 42.6 Å². The molecule has 2 aliphatic heterocycles. The number of amides is 1.